The zero-order valence-electron chi connectivity index (χ0n) is 14.9. The first-order chi connectivity index (χ1) is 12.6. The first-order valence-corrected chi connectivity index (χ1v) is 9.01. The summed E-state index contributed by atoms with van der Waals surface area (Å²) < 4.78 is 12.0. The van der Waals surface area contributed by atoms with Crippen molar-refractivity contribution in [3.05, 3.63) is 59.7 Å². The summed E-state index contributed by atoms with van der Waals surface area (Å²) in [4.78, 5) is 23.0. The van der Waals surface area contributed by atoms with Crippen molar-refractivity contribution in [2.45, 2.75) is 38.1 Å². The third-order valence-electron chi connectivity index (χ3n) is 5.10. The number of ether oxygens (including phenoxy) is 2. The van der Waals surface area contributed by atoms with E-state index in [2.05, 4.69) is 9.97 Å². The first kappa shape index (κ1) is 17.1. The standard InChI is InChI=1S/C20H23N3O3/c1-15-5-6-18(22-11-15)19(24)23-9-7-20(14-23)10-17(13-26-20)25-12-16-4-2-3-8-21-16/h2-6,8,11,17H,7,9-10,12-14H2,1H3/t17-,20-/m0/s1. The van der Waals surface area contributed by atoms with Crippen LogP contribution < -0.4 is 0 Å². The van der Waals surface area contributed by atoms with Gasteiger partial charge in [0.1, 0.15) is 5.69 Å². The Bertz CT molecular complexity index is 766. The second-order valence-electron chi connectivity index (χ2n) is 7.15. The molecule has 0 unspecified atom stereocenters. The van der Waals surface area contributed by atoms with Gasteiger partial charge in [0, 0.05) is 25.4 Å². The van der Waals surface area contributed by atoms with Crippen LogP contribution >= 0.6 is 0 Å². The second-order valence-corrected chi connectivity index (χ2v) is 7.15. The third kappa shape index (κ3) is 3.61. The van der Waals surface area contributed by atoms with Gasteiger partial charge in [0.05, 0.1) is 37.2 Å². The number of likely N-dealkylation sites (tertiary alicyclic amines) is 1. The van der Waals surface area contributed by atoms with E-state index in [9.17, 15) is 4.79 Å². The lowest BCUT2D eigenvalue weighted by Gasteiger charge is -2.23. The molecule has 0 radical (unpaired) electrons. The smallest absolute Gasteiger partial charge is 0.272 e. The molecule has 0 aliphatic carbocycles. The number of amides is 1. The Morgan fingerprint density at radius 1 is 1.35 bits per heavy atom. The molecule has 0 saturated carbocycles. The Kier molecular flexibility index (Phi) is 4.70. The third-order valence-corrected chi connectivity index (χ3v) is 5.10. The Balaban J connectivity index is 1.33. The van der Waals surface area contributed by atoms with Crippen LogP contribution in [0.1, 0.15) is 34.6 Å². The van der Waals surface area contributed by atoms with E-state index in [1.165, 1.54) is 0 Å². The SMILES string of the molecule is Cc1ccc(C(=O)N2CC[C@]3(C[C@H](OCc4ccccn4)CO3)C2)nc1. The zero-order valence-corrected chi connectivity index (χ0v) is 14.9. The van der Waals surface area contributed by atoms with E-state index in [-0.39, 0.29) is 17.6 Å². The molecular weight excluding hydrogens is 330 g/mol. The van der Waals surface area contributed by atoms with Crippen molar-refractivity contribution >= 4 is 5.91 Å². The number of nitrogens with zero attached hydrogens (tertiary/aromatic N) is 3. The molecule has 1 amide bonds. The Morgan fingerprint density at radius 3 is 3.04 bits per heavy atom. The number of carbonyl (C=O) groups is 1. The number of carbonyl (C=O) groups excluding carboxylic acids is 1. The van der Waals surface area contributed by atoms with Crippen molar-refractivity contribution in [1.82, 2.24) is 14.9 Å². The highest BCUT2D eigenvalue weighted by Gasteiger charge is 2.47. The lowest BCUT2D eigenvalue weighted by molar-refractivity contribution is -0.000133. The monoisotopic (exact) mass is 353 g/mol. The van der Waals surface area contributed by atoms with Gasteiger partial charge in [-0.15, -0.1) is 0 Å². The number of hydrogen-bond acceptors (Lipinski definition) is 5. The normalized spacial score (nSPS) is 25.1. The van der Waals surface area contributed by atoms with Crippen LogP contribution in [0, 0.1) is 6.92 Å². The van der Waals surface area contributed by atoms with Gasteiger partial charge in [-0.1, -0.05) is 12.1 Å². The number of aromatic nitrogens is 2. The second kappa shape index (κ2) is 7.13. The Hall–Kier alpha value is -2.31. The van der Waals surface area contributed by atoms with Crippen LogP contribution in [0.15, 0.2) is 42.7 Å². The van der Waals surface area contributed by atoms with Gasteiger partial charge in [-0.05, 0) is 37.1 Å². The number of pyridine rings is 2. The first-order valence-electron chi connectivity index (χ1n) is 9.01. The average Bonchev–Trinajstić information content (AvgIpc) is 3.28. The van der Waals surface area contributed by atoms with Crippen molar-refractivity contribution in [3.8, 4) is 0 Å². The van der Waals surface area contributed by atoms with Gasteiger partial charge in [-0.2, -0.15) is 0 Å². The molecular formula is C20H23N3O3. The largest absolute Gasteiger partial charge is 0.370 e. The summed E-state index contributed by atoms with van der Waals surface area (Å²) in [5.41, 5.74) is 2.18. The minimum Gasteiger partial charge on any atom is -0.370 e. The Labute approximate surface area is 153 Å². The number of rotatable bonds is 4. The summed E-state index contributed by atoms with van der Waals surface area (Å²) in [5, 5.41) is 0. The van der Waals surface area contributed by atoms with E-state index in [0.29, 0.717) is 32.0 Å². The summed E-state index contributed by atoms with van der Waals surface area (Å²) >= 11 is 0. The fourth-order valence-corrected chi connectivity index (χ4v) is 3.66. The van der Waals surface area contributed by atoms with Gasteiger partial charge in [-0.25, -0.2) is 0 Å². The van der Waals surface area contributed by atoms with Gasteiger partial charge >= 0.3 is 0 Å². The highest BCUT2D eigenvalue weighted by Crippen LogP contribution is 2.36. The molecule has 4 heterocycles. The summed E-state index contributed by atoms with van der Waals surface area (Å²) in [7, 11) is 0. The maximum Gasteiger partial charge on any atom is 0.272 e. The molecule has 2 aliphatic rings. The summed E-state index contributed by atoms with van der Waals surface area (Å²) in [6, 6.07) is 9.51. The van der Waals surface area contributed by atoms with E-state index in [1.807, 2.05) is 36.1 Å². The lowest BCUT2D eigenvalue weighted by atomic mass is 9.98. The molecule has 2 aromatic rings. The van der Waals surface area contributed by atoms with Gasteiger partial charge in [-0.3, -0.25) is 14.8 Å². The molecule has 2 aromatic heterocycles. The zero-order chi connectivity index (χ0) is 18.0. The fraction of sp³-hybridized carbons (Fsp3) is 0.450. The Morgan fingerprint density at radius 2 is 2.27 bits per heavy atom. The molecule has 6 heteroatoms. The molecule has 0 N–H and O–H groups in total. The maximum absolute atomic E-state index is 12.7. The van der Waals surface area contributed by atoms with Crippen LogP contribution in [0.5, 0.6) is 0 Å². The molecule has 26 heavy (non-hydrogen) atoms. The van der Waals surface area contributed by atoms with E-state index < -0.39 is 0 Å². The molecule has 136 valence electrons. The van der Waals surface area contributed by atoms with E-state index in [0.717, 1.165) is 24.1 Å². The summed E-state index contributed by atoms with van der Waals surface area (Å²) in [6.07, 6.45) is 5.20. The molecule has 2 atom stereocenters. The van der Waals surface area contributed by atoms with Crippen molar-refractivity contribution in [3.63, 3.8) is 0 Å². The van der Waals surface area contributed by atoms with Crippen molar-refractivity contribution in [1.29, 1.82) is 0 Å². The highest BCUT2D eigenvalue weighted by atomic mass is 16.6. The van der Waals surface area contributed by atoms with Crippen LogP contribution in [0.4, 0.5) is 0 Å². The van der Waals surface area contributed by atoms with Crippen LogP contribution in [0.3, 0.4) is 0 Å². The minimum atomic E-state index is -0.283. The van der Waals surface area contributed by atoms with Crippen molar-refractivity contribution in [2.75, 3.05) is 19.7 Å². The fourth-order valence-electron chi connectivity index (χ4n) is 3.66. The topological polar surface area (TPSA) is 64.6 Å². The van der Waals surface area contributed by atoms with Crippen molar-refractivity contribution in [2.24, 2.45) is 0 Å². The van der Waals surface area contributed by atoms with Crippen LogP contribution in [0.2, 0.25) is 0 Å². The van der Waals surface area contributed by atoms with Crippen molar-refractivity contribution < 1.29 is 14.3 Å². The van der Waals surface area contributed by atoms with Gasteiger partial charge < -0.3 is 14.4 Å². The lowest BCUT2D eigenvalue weighted by Crippen LogP contribution is -2.36. The van der Waals surface area contributed by atoms with Gasteiger partial charge in [0.15, 0.2) is 0 Å². The maximum atomic E-state index is 12.7. The van der Waals surface area contributed by atoms with E-state index in [4.69, 9.17) is 9.47 Å². The molecule has 1 spiro atoms. The predicted molar refractivity (Wildman–Crippen MR) is 95.6 cm³/mol. The number of hydrogen-bond donors (Lipinski definition) is 0. The predicted octanol–water partition coefficient (Wildman–Crippen LogP) is 2.38. The molecule has 2 aliphatic heterocycles. The summed E-state index contributed by atoms with van der Waals surface area (Å²) in [6.45, 7) is 4.31. The van der Waals surface area contributed by atoms with Crippen LogP contribution in [-0.2, 0) is 16.1 Å². The molecule has 6 nitrogen and oxygen atoms in total. The molecule has 2 fully saturated rings. The van der Waals surface area contributed by atoms with E-state index in [1.54, 1.807) is 18.5 Å². The highest BCUT2D eigenvalue weighted by molar-refractivity contribution is 5.92. The molecule has 0 bridgehead atoms. The van der Waals surface area contributed by atoms with Gasteiger partial charge in [0.25, 0.3) is 5.91 Å². The summed E-state index contributed by atoms with van der Waals surface area (Å²) in [5.74, 6) is -0.0247. The average molecular weight is 353 g/mol. The minimum absolute atomic E-state index is 0.0247. The number of aryl methyl sites for hydroxylation is 1. The van der Waals surface area contributed by atoms with Crippen LogP contribution in [0.25, 0.3) is 0 Å². The van der Waals surface area contributed by atoms with E-state index >= 15 is 0 Å². The molecule has 4 rings (SSSR count). The molecule has 0 aromatic carbocycles. The quantitative estimate of drug-likeness (QED) is 0.844. The molecule has 2 saturated heterocycles. The van der Waals surface area contributed by atoms with Gasteiger partial charge in [0.2, 0.25) is 0 Å². The van der Waals surface area contributed by atoms with Crippen LogP contribution in [-0.4, -0.2) is 52.2 Å².